The maximum Gasteiger partial charge on any atom is 0.260 e. The van der Waals surface area contributed by atoms with E-state index >= 15 is 0 Å². The van der Waals surface area contributed by atoms with E-state index in [1.807, 2.05) is 25.1 Å². The minimum absolute atomic E-state index is 0.0641. The second-order valence-corrected chi connectivity index (χ2v) is 6.74. The third-order valence-corrected chi connectivity index (χ3v) is 4.41. The summed E-state index contributed by atoms with van der Waals surface area (Å²) in [5.74, 6) is -0.906. The zero-order chi connectivity index (χ0) is 21.7. The van der Waals surface area contributed by atoms with Crippen LogP contribution in [0, 0.1) is 6.92 Å². The smallest absolute Gasteiger partial charge is 0.260 e. The highest BCUT2D eigenvalue weighted by molar-refractivity contribution is 7.80. The fourth-order valence-electron chi connectivity index (χ4n) is 2.67. The molecule has 0 bridgehead atoms. The summed E-state index contributed by atoms with van der Waals surface area (Å²) in [4.78, 5) is 19.2. The number of fused-ring (bicyclic) bond motifs is 1. The molecule has 1 amide bonds. The van der Waals surface area contributed by atoms with Gasteiger partial charge in [0.15, 0.2) is 5.69 Å². The summed E-state index contributed by atoms with van der Waals surface area (Å²) in [6, 6.07) is 14.4. The highest BCUT2D eigenvalue weighted by Crippen LogP contribution is 2.35. The van der Waals surface area contributed by atoms with Crippen LogP contribution in [-0.2, 0) is 4.79 Å². The topological polar surface area (TPSA) is 122 Å². The number of aliphatic hydroxyl groups excluding tert-OH is 1. The number of aromatic nitrogens is 1. The first kappa shape index (κ1) is 20.9. The first-order valence-electron chi connectivity index (χ1n) is 8.93. The molecule has 3 rings (SSSR count). The number of thiocarbonyl (C=S) groups is 1. The van der Waals surface area contributed by atoms with Crippen LogP contribution in [0.25, 0.3) is 10.9 Å². The standard InChI is InChI=1S/C21H19N5O3S/c1-12-7-3-5-9-16(12)23-19(28)15(13(2)27)11-22-21(30)26-25-18-14-8-4-6-10-17(14)24-20(18)29/h3-11,24,27,29H,1-2H3,(H,23,28). The molecule has 0 aliphatic heterocycles. The van der Waals surface area contributed by atoms with Crippen molar-refractivity contribution in [3.05, 3.63) is 65.4 Å². The van der Waals surface area contributed by atoms with Crippen LogP contribution in [-0.4, -0.2) is 32.4 Å². The van der Waals surface area contributed by atoms with E-state index in [1.165, 1.54) is 6.92 Å². The summed E-state index contributed by atoms with van der Waals surface area (Å²) >= 11 is 5.05. The lowest BCUT2D eigenvalue weighted by molar-refractivity contribution is -0.112. The molecular weight excluding hydrogens is 402 g/mol. The number of hydrogen-bond acceptors (Lipinski definition) is 5. The van der Waals surface area contributed by atoms with Crippen molar-refractivity contribution in [1.29, 1.82) is 0 Å². The number of amides is 1. The number of carbonyl (C=O) groups is 1. The van der Waals surface area contributed by atoms with Gasteiger partial charge in [0, 0.05) is 17.3 Å². The number of carbonyl (C=O) groups excluding carboxylic acids is 1. The van der Waals surface area contributed by atoms with Gasteiger partial charge >= 0.3 is 0 Å². The number of azo groups is 1. The van der Waals surface area contributed by atoms with Gasteiger partial charge in [-0.05, 0) is 43.8 Å². The SMILES string of the molecule is CC(O)=C(C=NC(=S)N=Nc1c(O)[nH]c2ccccc12)C(=O)Nc1ccccc1C. The molecule has 0 unspecified atom stereocenters. The number of nitrogens with zero attached hydrogens (tertiary/aromatic N) is 3. The van der Waals surface area contributed by atoms with Crippen LogP contribution in [0.2, 0.25) is 0 Å². The Morgan fingerprint density at radius 2 is 1.87 bits per heavy atom. The van der Waals surface area contributed by atoms with Gasteiger partial charge in [-0.15, -0.1) is 10.2 Å². The second-order valence-electron chi connectivity index (χ2n) is 6.38. The molecule has 0 radical (unpaired) electrons. The Morgan fingerprint density at radius 1 is 1.17 bits per heavy atom. The van der Waals surface area contributed by atoms with Gasteiger partial charge in [-0.1, -0.05) is 36.4 Å². The first-order chi connectivity index (χ1) is 14.4. The van der Waals surface area contributed by atoms with E-state index in [9.17, 15) is 15.0 Å². The molecule has 2 aromatic carbocycles. The van der Waals surface area contributed by atoms with Crippen LogP contribution < -0.4 is 5.32 Å². The number of aliphatic hydroxyl groups is 1. The summed E-state index contributed by atoms with van der Waals surface area (Å²) < 4.78 is 0. The Labute approximate surface area is 177 Å². The number of aliphatic imine (C=N–C) groups is 1. The van der Waals surface area contributed by atoms with Crippen molar-refractivity contribution in [1.82, 2.24) is 4.98 Å². The number of nitrogens with one attached hydrogen (secondary N) is 2. The third-order valence-electron chi connectivity index (χ3n) is 4.23. The van der Waals surface area contributed by atoms with Crippen molar-refractivity contribution >= 4 is 51.7 Å². The summed E-state index contributed by atoms with van der Waals surface area (Å²) in [7, 11) is 0. The van der Waals surface area contributed by atoms with Crippen LogP contribution in [0.1, 0.15) is 12.5 Å². The molecule has 0 aliphatic carbocycles. The number of aromatic hydroxyl groups is 1. The van der Waals surface area contributed by atoms with Gasteiger partial charge in [-0.3, -0.25) is 4.79 Å². The summed E-state index contributed by atoms with van der Waals surface area (Å²) in [5.41, 5.74) is 2.36. The molecule has 0 fully saturated rings. The van der Waals surface area contributed by atoms with Crippen molar-refractivity contribution in [2.75, 3.05) is 5.32 Å². The Kier molecular flexibility index (Phi) is 6.33. The molecule has 1 heterocycles. The van der Waals surface area contributed by atoms with Gasteiger partial charge in [-0.2, -0.15) is 0 Å². The van der Waals surface area contributed by atoms with Gasteiger partial charge in [0.05, 0.1) is 11.1 Å². The fourth-order valence-corrected chi connectivity index (χ4v) is 2.77. The number of aryl methyl sites for hydroxylation is 1. The summed E-state index contributed by atoms with van der Waals surface area (Å²) in [6.45, 7) is 3.22. The van der Waals surface area contributed by atoms with Crippen LogP contribution in [0.4, 0.5) is 11.4 Å². The predicted molar refractivity (Wildman–Crippen MR) is 121 cm³/mol. The number of para-hydroxylation sites is 2. The van der Waals surface area contributed by atoms with E-state index < -0.39 is 5.91 Å². The number of rotatable bonds is 4. The number of allylic oxidation sites excluding steroid dienone is 1. The quantitative estimate of drug-likeness (QED) is 0.154. The average molecular weight is 421 g/mol. The van der Waals surface area contributed by atoms with Gasteiger partial charge in [-0.25, -0.2) is 4.99 Å². The van der Waals surface area contributed by atoms with E-state index in [2.05, 4.69) is 25.5 Å². The number of H-pyrrole nitrogens is 1. The predicted octanol–water partition coefficient (Wildman–Crippen LogP) is 5.09. The Balaban J connectivity index is 1.75. The Hall–Kier alpha value is -3.85. The Bertz CT molecular complexity index is 1210. The zero-order valence-corrected chi connectivity index (χ0v) is 17.1. The van der Waals surface area contributed by atoms with Gasteiger partial charge in [0.2, 0.25) is 11.0 Å². The summed E-state index contributed by atoms with van der Waals surface area (Å²) in [5, 5.41) is 30.8. The third kappa shape index (κ3) is 4.76. The average Bonchev–Trinajstić information content (AvgIpc) is 3.03. The normalized spacial score (nSPS) is 12.5. The van der Waals surface area contributed by atoms with Crippen molar-refractivity contribution in [2.24, 2.45) is 15.2 Å². The molecule has 0 saturated heterocycles. The molecule has 0 atom stereocenters. The molecule has 1 aromatic heterocycles. The molecule has 8 nitrogen and oxygen atoms in total. The summed E-state index contributed by atoms with van der Waals surface area (Å²) in [6.07, 6.45) is 1.12. The molecule has 3 aromatic rings. The molecule has 0 saturated carbocycles. The van der Waals surface area contributed by atoms with Crippen molar-refractivity contribution in [3.63, 3.8) is 0 Å². The minimum Gasteiger partial charge on any atom is -0.512 e. The van der Waals surface area contributed by atoms with Crippen molar-refractivity contribution < 1.29 is 15.0 Å². The first-order valence-corrected chi connectivity index (χ1v) is 9.34. The van der Waals surface area contributed by atoms with E-state index in [4.69, 9.17) is 12.2 Å². The van der Waals surface area contributed by atoms with Crippen molar-refractivity contribution in [3.8, 4) is 5.88 Å². The van der Waals surface area contributed by atoms with Crippen LogP contribution in [0.3, 0.4) is 0 Å². The van der Waals surface area contributed by atoms with Gasteiger partial charge in [0.25, 0.3) is 5.91 Å². The van der Waals surface area contributed by atoms with E-state index in [0.717, 1.165) is 11.8 Å². The molecule has 9 heteroatoms. The number of hydrogen-bond donors (Lipinski definition) is 4. The molecule has 0 spiro atoms. The van der Waals surface area contributed by atoms with E-state index in [1.54, 1.807) is 30.3 Å². The van der Waals surface area contributed by atoms with Crippen molar-refractivity contribution in [2.45, 2.75) is 13.8 Å². The molecular formula is C21H19N5O3S. The lowest BCUT2D eigenvalue weighted by Crippen LogP contribution is -2.17. The number of anilines is 1. The van der Waals surface area contributed by atoms with Gasteiger partial charge < -0.3 is 20.5 Å². The molecule has 30 heavy (non-hydrogen) atoms. The lowest BCUT2D eigenvalue weighted by atomic mass is 10.2. The van der Waals surface area contributed by atoms with Crippen LogP contribution >= 0.6 is 12.2 Å². The highest BCUT2D eigenvalue weighted by Gasteiger charge is 2.13. The monoisotopic (exact) mass is 421 g/mol. The maximum absolute atomic E-state index is 12.5. The number of benzene rings is 2. The number of aromatic amines is 1. The maximum atomic E-state index is 12.5. The van der Waals surface area contributed by atoms with E-state index in [0.29, 0.717) is 16.6 Å². The molecule has 152 valence electrons. The largest absolute Gasteiger partial charge is 0.512 e. The van der Waals surface area contributed by atoms with Gasteiger partial charge in [0.1, 0.15) is 5.76 Å². The second kappa shape index (κ2) is 9.10. The fraction of sp³-hybridized carbons (Fsp3) is 0.0952. The van der Waals surface area contributed by atoms with E-state index in [-0.39, 0.29) is 28.0 Å². The Morgan fingerprint density at radius 3 is 2.60 bits per heavy atom. The highest BCUT2D eigenvalue weighted by atomic mass is 32.1. The zero-order valence-electron chi connectivity index (χ0n) is 16.2. The van der Waals surface area contributed by atoms with Crippen LogP contribution in [0.5, 0.6) is 5.88 Å². The minimum atomic E-state index is -0.540. The molecule has 0 aliphatic rings. The van der Waals surface area contributed by atoms with Crippen LogP contribution in [0.15, 0.2) is 75.1 Å². The lowest BCUT2D eigenvalue weighted by Gasteiger charge is -2.08. The molecule has 4 N–H and O–H groups in total.